The van der Waals surface area contributed by atoms with Crippen LogP contribution < -0.4 is 5.73 Å². The van der Waals surface area contributed by atoms with E-state index < -0.39 is 0 Å². The van der Waals surface area contributed by atoms with Gasteiger partial charge in [0.05, 0.1) is 0 Å². The van der Waals surface area contributed by atoms with Crippen molar-refractivity contribution in [3.05, 3.63) is 29.8 Å². The summed E-state index contributed by atoms with van der Waals surface area (Å²) in [4.78, 5) is 0. The van der Waals surface area contributed by atoms with Gasteiger partial charge < -0.3 is 10.8 Å². The van der Waals surface area contributed by atoms with Crippen molar-refractivity contribution in [1.82, 2.24) is 0 Å². The predicted octanol–water partition coefficient (Wildman–Crippen LogP) is 2.36. The van der Waals surface area contributed by atoms with Crippen LogP contribution in [0.4, 0.5) is 0 Å². The first-order chi connectivity index (χ1) is 6.72. The zero-order chi connectivity index (χ0) is 10.4. The average molecular weight is 211 g/mol. The summed E-state index contributed by atoms with van der Waals surface area (Å²) in [6, 6.07) is 7.36. The molecule has 3 heteroatoms. The van der Waals surface area contributed by atoms with E-state index in [4.69, 9.17) is 10.8 Å². The third kappa shape index (κ3) is 4.03. The average Bonchev–Trinajstić information content (AvgIpc) is 2.17. The fourth-order valence-corrected chi connectivity index (χ4v) is 2.12. The second-order valence-corrected chi connectivity index (χ2v) is 4.79. The van der Waals surface area contributed by atoms with Gasteiger partial charge in [0.25, 0.3) is 0 Å². The van der Waals surface area contributed by atoms with E-state index in [1.807, 2.05) is 23.9 Å². The van der Waals surface area contributed by atoms with E-state index in [9.17, 15) is 0 Å². The summed E-state index contributed by atoms with van der Waals surface area (Å²) in [6.45, 7) is 2.95. The van der Waals surface area contributed by atoms with Crippen LogP contribution in [0.3, 0.4) is 0 Å². The summed E-state index contributed by atoms with van der Waals surface area (Å²) >= 11 is 1.90. The zero-order valence-corrected chi connectivity index (χ0v) is 9.26. The molecule has 0 bridgehead atoms. The molecule has 0 spiro atoms. The molecule has 1 unspecified atom stereocenters. The van der Waals surface area contributed by atoms with Crippen LogP contribution in [0.5, 0.6) is 5.75 Å². The van der Waals surface area contributed by atoms with Gasteiger partial charge >= 0.3 is 0 Å². The lowest BCUT2D eigenvalue weighted by molar-refractivity contribution is 0.475. The molecular formula is C11H17NOS. The lowest BCUT2D eigenvalue weighted by Gasteiger charge is -2.09. The molecule has 0 saturated heterocycles. The first kappa shape index (κ1) is 11.4. The molecule has 1 rings (SSSR count). The Hall–Kier alpha value is -0.670. The highest BCUT2D eigenvalue weighted by Gasteiger charge is 2.01. The summed E-state index contributed by atoms with van der Waals surface area (Å²) in [7, 11) is 0. The van der Waals surface area contributed by atoms with Gasteiger partial charge in [-0.2, -0.15) is 11.8 Å². The second-order valence-electron chi connectivity index (χ2n) is 3.37. The van der Waals surface area contributed by atoms with Crippen LogP contribution in [0.25, 0.3) is 0 Å². The van der Waals surface area contributed by atoms with Gasteiger partial charge in [0, 0.05) is 11.0 Å². The molecule has 1 atom stereocenters. The number of rotatable bonds is 5. The van der Waals surface area contributed by atoms with E-state index in [1.165, 1.54) is 5.56 Å². The molecule has 0 aliphatic carbocycles. The van der Waals surface area contributed by atoms with Crippen molar-refractivity contribution in [2.45, 2.75) is 24.3 Å². The van der Waals surface area contributed by atoms with Crippen molar-refractivity contribution in [1.29, 1.82) is 0 Å². The maximum Gasteiger partial charge on any atom is 0.115 e. The highest BCUT2D eigenvalue weighted by atomic mass is 32.2. The molecule has 0 fully saturated rings. The van der Waals surface area contributed by atoms with Crippen LogP contribution in [-0.2, 0) is 5.75 Å². The monoisotopic (exact) mass is 211 g/mol. The number of thioether (sulfide) groups is 1. The fourth-order valence-electron chi connectivity index (χ4n) is 1.15. The third-order valence-electron chi connectivity index (χ3n) is 2.04. The predicted molar refractivity (Wildman–Crippen MR) is 62.5 cm³/mol. The summed E-state index contributed by atoms with van der Waals surface area (Å²) in [5, 5.41) is 9.70. The molecular weight excluding hydrogens is 194 g/mol. The first-order valence-electron chi connectivity index (χ1n) is 4.82. The van der Waals surface area contributed by atoms with Crippen molar-refractivity contribution < 1.29 is 5.11 Å². The zero-order valence-electron chi connectivity index (χ0n) is 8.44. The summed E-state index contributed by atoms with van der Waals surface area (Å²) in [5.74, 6) is 1.32. The summed E-state index contributed by atoms with van der Waals surface area (Å²) < 4.78 is 0. The van der Waals surface area contributed by atoms with Crippen LogP contribution in [0.15, 0.2) is 24.3 Å². The number of aromatic hydroxyl groups is 1. The number of phenols is 1. The van der Waals surface area contributed by atoms with Crippen LogP contribution >= 0.6 is 11.8 Å². The van der Waals surface area contributed by atoms with Gasteiger partial charge in [-0.25, -0.2) is 0 Å². The van der Waals surface area contributed by atoms with Crippen LogP contribution in [-0.4, -0.2) is 16.9 Å². The minimum absolute atomic E-state index is 0.328. The van der Waals surface area contributed by atoms with Gasteiger partial charge in [0.1, 0.15) is 5.75 Å². The standard InChI is InChI=1S/C11H17NOS/c1-9(6-7-12)14-8-10-2-4-11(13)5-3-10/h2-5,9,13H,6-8,12H2,1H3. The molecule has 0 aliphatic heterocycles. The van der Waals surface area contributed by atoms with Gasteiger partial charge in [0.15, 0.2) is 0 Å². The fraction of sp³-hybridized carbons (Fsp3) is 0.455. The summed E-state index contributed by atoms with van der Waals surface area (Å²) in [6.07, 6.45) is 1.06. The smallest absolute Gasteiger partial charge is 0.115 e. The first-order valence-corrected chi connectivity index (χ1v) is 5.87. The Kier molecular flexibility index (Phi) is 4.84. The molecule has 0 aliphatic rings. The molecule has 0 heterocycles. The van der Waals surface area contributed by atoms with E-state index in [-0.39, 0.29) is 0 Å². The van der Waals surface area contributed by atoms with Crippen LogP contribution in [0, 0.1) is 0 Å². The molecule has 0 radical (unpaired) electrons. The SMILES string of the molecule is CC(CCN)SCc1ccc(O)cc1. The van der Waals surface area contributed by atoms with Gasteiger partial charge in [-0.05, 0) is 30.7 Å². The van der Waals surface area contributed by atoms with E-state index >= 15 is 0 Å². The summed E-state index contributed by atoms with van der Waals surface area (Å²) in [5.41, 5.74) is 6.72. The van der Waals surface area contributed by atoms with E-state index in [0.29, 0.717) is 11.0 Å². The molecule has 0 aromatic heterocycles. The highest BCUT2D eigenvalue weighted by Crippen LogP contribution is 2.20. The largest absolute Gasteiger partial charge is 0.508 e. The van der Waals surface area contributed by atoms with E-state index in [2.05, 4.69) is 6.92 Å². The number of nitrogens with two attached hydrogens (primary N) is 1. The van der Waals surface area contributed by atoms with Crippen molar-refractivity contribution in [3.63, 3.8) is 0 Å². The minimum atomic E-state index is 0.328. The normalized spacial score (nSPS) is 12.7. The van der Waals surface area contributed by atoms with Crippen molar-refractivity contribution in [2.75, 3.05) is 6.54 Å². The topological polar surface area (TPSA) is 46.2 Å². The number of phenolic OH excluding ortho intramolecular Hbond substituents is 1. The number of hydrogen-bond acceptors (Lipinski definition) is 3. The molecule has 1 aromatic carbocycles. The van der Waals surface area contributed by atoms with Crippen molar-refractivity contribution in [3.8, 4) is 5.75 Å². The lowest BCUT2D eigenvalue weighted by Crippen LogP contribution is -2.07. The Labute approximate surface area is 89.5 Å². The molecule has 2 nitrogen and oxygen atoms in total. The van der Waals surface area contributed by atoms with E-state index in [0.717, 1.165) is 18.7 Å². The maximum atomic E-state index is 9.09. The Morgan fingerprint density at radius 3 is 2.57 bits per heavy atom. The number of benzene rings is 1. The number of hydrogen-bond donors (Lipinski definition) is 2. The van der Waals surface area contributed by atoms with E-state index in [1.54, 1.807) is 12.1 Å². The molecule has 0 saturated carbocycles. The van der Waals surface area contributed by atoms with Crippen LogP contribution in [0.1, 0.15) is 18.9 Å². The Morgan fingerprint density at radius 1 is 1.36 bits per heavy atom. The molecule has 0 amide bonds. The van der Waals surface area contributed by atoms with Gasteiger partial charge in [-0.1, -0.05) is 19.1 Å². The lowest BCUT2D eigenvalue weighted by atomic mass is 10.2. The van der Waals surface area contributed by atoms with Gasteiger partial charge in [-0.15, -0.1) is 0 Å². The Morgan fingerprint density at radius 2 is 2.00 bits per heavy atom. The quantitative estimate of drug-likeness (QED) is 0.786. The Bertz CT molecular complexity index is 260. The van der Waals surface area contributed by atoms with Gasteiger partial charge in [-0.3, -0.25) is 0 Å². The molecule has 78 valence electrons. The molecule has 14 heavy (non-hydrogen) atoms. The second kappa shape index (κ2) is 5.94. The van der Waals surface area contributed by atoms with Crippen LogP contribution in [0.2, 0.25) is 0 Å². The third-order valence-corrected chi connectivity index (χ3v) is 3.35. The molecule has 1 aromatic rings. The van der Waals surface area contributed by atoms with Crippen molar-refractivity contribution in [2.24, 2.45) is 5.73 Å². The highest BCUT2D eigenvalue weighted by molar-refractivity contribution is 7.99. The molecule has 3 N–H and O–H groups in total. The minimum Gasteiger partial charge on any atom is -0.508 e. The van der Waals surface area contributed by atoms with Gasteiger partial charge in [0.2, 0.25) is 0 Å². The van der Waals surface area contributed by atoms with Crippen molar-refractivity contribution >= 4 is 11.8 Å². The Balaban J connectivity index is 2.34. The maximum absolute atomic E-state index is 9.09.